The molecule has 0 bridgehead atoms. The number of benzene rings is 1. The van der Waals surface area contributed by atoms with Crippen LogP contribution in [0.3, 0.4) is 0 Å². The molecule has 0 saturated carbocycles. The van der Waals surface area contributed by atoms with Crippen LogP contribution < -0.4 is 10.1 Å². The third kappa shape index (κ3) is 7.25. The molecule has 1 fully saturated rings. The molecule has 1 aliphatic heterocycles. The zero-order valence-electron chi connectivity index (χ0n) is 22.6. The van der Waals surface area contributed by atoms with Crippen LogP contribution in [0.4, 0.5) is 0 Å². The Morgan fingerprint density at radius 3 is 2.58 bits per heavy atom. The highest BCUT2D eigenvalue weighted by atomic mass is 35.5. The summed E-state index contributed by atoms with van der Waals surface area (Å²) in [5.74, 6) is 5.91. The van der Waals surface area contributed by atoms with Crippen molar-refractivity contribution in [3.8, 4) is 28.1 Å². The van der Waals surface area contributed by atoms with E-state index < -0.39 is 16.1 Å². The molecule has 0 spiro atoms. The molecule has 1 amide bonds. The Balaban J connectivity index is 1.89. The average Bonchev–Trinajstić information content (AvgIpc) is 3.53. The Bertz CT molecular complexity index is 1530. The van der Waals surface area contributed by atoms with Gasteiger partial charge in [-0.2, -0.15) is 22.5 Å². The van der Waals surface area contributed by atoms with E-state index in [2.05, 4.69) is 28.9 Å². The molecule has 0 aliphatic carbocycles. The average molecular weight is 624 g/mol. The lowest BCUT2D eigenvalue weighted by Gasteiger charge is -2.26. The predicted molar refractivity (Wildman–Crippen MR) is 161 cm³/mol. The minimum atomic E-state index is -3.80. The Kier molecular flexibility index (Phi) is 10.3. The number of hydrazine groups is 1. The van der Waals surface area contributed by atoms with E-state index in [1.807, 2.05) is 17.1 Å². The maximum absolute atomic E-state index is 13.6. The van der Waals surface area contributed by atoms with Gasteiger partial charge >= 0.3 is 0 Å². The van der Waals surface area contributed by atoms with Gasteiger partial charge in [-0.1, -0.05) is 48.4 Å². The number of aromatic nitrogens is 2. The molecule has 40 heavy (non-hydrogen) atoms. The van der Waals surface area contributed by atoms with Gasteiger partial charge in [-0.25, -0.2) is 9.69 Å². The van der Waals surface area contributed by atoms with E-state index in [1.165, 1.54) is 25.4 Å². The van der Waals surface area contributed by atoms with Crippen molar-refractivity contribution < 1.29 is 13.2 Å². The number of piperidine rings is 1. The van der Waals surface area contributed by atoms with Crippen LogP contribution in [-0.2, 0) is 16.8 Å². The molecule has 1 saturated heterocycles. The minimum absolute atomic E-state index is 0.0973. The lowest BCUT2D eigenvalue weighted by atomic mass is 10.1. The van der Waals surface area contributed by atoms with Crippen molar-refractivity contribution in [2.75, 3.05) is 27.2 Å². The summed E-state index contributed by atoms with van der Waals surface area (Å²) in [6.45, 7) is 3.37. The largest absolute Gasteiger partial charge is 0.286 e. The summed E-state index contributed by atoms with van der Waals surface area (Å²) in [4.78, 5) is 15.3. The van der Waals surface area contributed by atoms with E-state index in [-0.39, 0.29) is 12.2 Å². The summed E-state index contributed by atoms with van der Waals surface area (Å²) in [7, 11) is -0.932. The quantitative estimate of drug-likeness (QED) is 0.324. The summed E-state index contributed by atoms with van der Waals surface area (Å²) >= 11 is 14.2. The minimum Gasteiger partial charge on any atom is -0.283 e. The van der Waals surface area contributed by atoms with Gasteiger partial charge in [0.1, 0.15) is 0 Å². The first kappa shape index (κ1) is 30.5. The number of amides is 1. The molecule has 0 atom stereocenters. The molecule has 0 unspecified atom stereocenters. The predicted octanol–water partition coefficient (Wildman–Crippen LogP) is 5.09. The van der Waals surface area contributed by atoms with Gasteiger partial charge in [-0.3, -0.25) is 10.2 Å². The fourth-order valence-electron chi connectivity index (χ4n) is 4.18. The Labute approximate surface area is 249 Å². The molecule has 4 rings (SSSR count). The molecule has 214 valence electrons. The number of unbranched alkanes of at least 4 members (excludes halogenated alkanes) is 1. The summed E-state index contributed by atoms with van der Waals surface area (Å²) < 4.78 is 30.6. The molecule has 1 aromatic carbocycles. The molecule has 3 heterocycles. The van der Waals surface area contributed by atoms with Crippen molar-refractivity contribution in [2.45, 2.75) is 45.6 Å². The van der Waals surface area contributed by atoms with Crippen LogP contribution in [0.1, 0.15) is 60.0 Å². The van der Waals surface area contributed by atoms with Crippen molar-refractivity contribution in [1.82, 2.24) is 29.2 Å². The van der Waals surface area contributed by atoms with E-state index in [0.29, 0.717) is 27.0 Å². The standard InChI is InChI=1S/C27H32Cl2N6O3S2/c1-4-5-7-10-20-12-14-24(39-20)26-21(18-30-40(37,38)33(2)3)25(27(36)32-34-15-8-6-9-16-34)31-35(26)23-13-11-19(28)17-22(23)29/h11-14,17,30H,4-6,8-9,15-16,18H2,1-3H3,(H,32,36). The van der Waals surface area contributed by atoms with Gasteiger partial charge < -0.3 is 0 Å². The fraction of sp³-hybridized carbons (Fsp3) is 0.407. The molecule has 0 radical (unpaired) electrons. The summed E-state index contributed by atoms with van der Waals surface area (Å²) in [6, 6.07) is 8.81. The first-order chi connectivity index (χ1) is 19.1. The number of carbonyl (C=O) groups excluding carboxylic acids is 1. The first-order valence-corrected chi connectivity index (χ1v) is 16.0. The Morgan fingerprint density at radius 1 is 1.15 bits per heavy atom. The van der Waals surface area contributed by atoms with Gasteiger partial charge in [0.15, 0.2) is 5.69 Å². The summed E-state index contributed by atoms with van der Waals surface area (Å²) in [5.41, 5.74) is 4.52. The number of nitrogens with one attached hydrogen (secondary N) is 2. The van der Waals surface area contributed by atoms with Crippen LogP contribution >= 0.6 is 34.5 Å². The van der Waals surface area contributed by atoms with Crippen LogP contribution in [0, 0.1) is 11.8 Å². The second-order valence-electron chi connectivity index (χ2n) is 9.50. The van der Waals surface area contributed by atoms with Crippen LogP contribution in [0.25, 0.3) is 16.3 Å². The molecule has 2 N–H and O–H groups in total. The Hall–Kier alpha value is -2.43. The molecule has 13 heteroatoms. The van der Waals surface area contributed by atoms with Gasteiger partial charge in [0.05, 0.1) is 26.2 Å². The number of hydrogen-bond acceptors (Lipinski definition) is 6. The summed E-state index contributed by atoms with van der Waals surface area (Å²) in [5, 5.41) is 7.38. The number of rotatable bonds is 9. The van der Waals surface area contributed by atoms with E-state index in [4.69, 9.17) is 28.3 Å². The van der Waals surface area contributed by atoms with Gasteiger partial charge in [0, 0.05) is 50.7 Å². The highest BCUT2D eigenvalue weighted by Crippen LogP contribution is 2.36. The number of nitrogens with zero attached hydrogens (tertiary/aromatic N) is 4. The van der Waals surface area contributed by atoms with Crippen LogP contribution in [-0.4, -0.2) is 60.6 Å². The SMILES string of the molecule is CCCC#Cc1ccc(-c2c(CNS(=O)(=O)N(C)C)c(C(=O)NN3CCCCC3)nn2-c2ccc(Cl)cc2Cl)s1. The normalized spacial score (nSPS) is 14.2. The van der Waals surface area contributed by atoms with Crippen molar-refractivity contribution in [3.63, 3.8) is 0 Å². The second kappa shape index (κ2) is 13.5. The van der Waals surface area contributed by atoms with E-state index in [9.17, 15) is 13.2 Å². The zero-order valence-corrected chi connectivity index (χ0v) is 25.8. The third-order valence-electron chi connectivity index (χ3n) is 6.29. The molecule has 9 nitrogen and oxygen atoms in total. The van der Waals surface area contributed by atoms with E-state index in [1.54, 1.807) is 22.9 Å². The van der Waals surface area contributed by atoms with E-state index in [0.717, 1.165) is 59.3 Å². The number of thiophene rings is 1. The molecule has 1 aliphatic rings. The smallest absolute Gasteiger partial charge is 0.283 e. The van der Waals surface area contributed by atoms with Crippen molar-refractivity contribution in [2.24, 2.45) is 0 Å². The molecular weight excluding hydrogens is 591 g/mol. The monoisotopic (exact) mass is 622 g/mol. The highest BCUT2D eigenvalue weighted by Gasteiger charge is 2.29. The molecule has 3 aromatic rings. The van der Waals surface area contributed by atoms with Crippen molar-refractivity contribution in [3.05, 3.63) is 56.5 Å². The first-order valence-electron chi connectivity index (χ1n) is 13.0. The van der Waals surface area contributed by atoms with Gasteiger partial charge in [-0.05, 0) is 49.6 Å². The van der Waals surface area contributed by atoms with Crippen molar-refractivity contribution in [1.29, 1.82) is 0 Å². The summed E-state index contributed by atoms with van der Waals surface area (Å²) in [6.07, 6.45) is 4.81. The second-order valence-corrected chi connectivity index (χ2v) is 13.4. The highest BCUT2D eigenvalue weighted by molar-refractivity contribution is 7.87. The maximum Gasteiger partial charge on any atom is 0.286 e. The van der Waals surface area contributed by atoms with Crippen LogP contribution in [0.2, 0.25) is 10.0 Å². The topological polar surface area (TPSA) is 99.6 Å². The van der Waals surface area contributed by atoms with E-state index >= 15 is 0 Å². The van der Waals surface area contributed by atoms with Crippen LogP contribution in [0.15, 0.2) is 30.3 Å². The van der Waals surface area contributed by atoms with Crippen molar-refractivity contribution >= 4 is 50.7 Å². The van der Waals surface area contributed by atoms with Gasteiger partial charge in [0.2, 0.25) is 0 Å². The van der Waals surface area contributed by atoms with Crippen LogP contribution in [0.5, 0.6) is 0 Å². The lowest BCUT2D eigenvalue weighted by molar-refractivity contribution is 0.0743. The number of halogens is 2. The lowest BCUT2D eigenvalue weighted by Crippen LogP contribution is -2.45. The Morgan fingerprint density at radius 2 is 1.90 bits per heavy atom. The van der Waals surface area contributed by atoms with Gasteiger partial charge in [0.25, 0.3) is 16.1 Å². The third-order valence-corrected chi connectivity index (χ3v) is 9.31. The van der Waals surface area contributed by atoms with Gasteiger partial charge in [-0.15, -0.1) is 11.3 Å². The zero-order chi connectivity index (χ0) is 28.9. The maximum atomic E-state index is 13.6. The fourth-order valence-corrected chi connectivity index (χ4v) is 6.19. The molecule has 2 aromatic heterocycles. The molecular formula is C27H32Cl2N6O3S2. The number of hydrogen-bond donors (Lipinski definition) is 2. The number of carbonyl (C=O) groups is 1.